The first kappa shape index (κ1) is 18.5. The van der Waals surface area contributed by atoms with E-state index >= 15 is 0 Å². The number of ether oxygens (including phenoxy) is 1. The fourth-order valence-corrected chi connectivity index (χ4v) is 3.05. The molecule has 7 heteroatoms. The predicted molar refractivity (Wildman–Crippen MR) is 106 cm³/mol. The number of fused-ring (bicyclic) bond motifs is 1. The molecule has 4 aromatic rings. The number of Topliss-reactive ketones (excluding diaryl/α,β-unsaturated/α-hetero) is 1. The molecule has 7 nitrogen and oxygen atoms in total. The van der Waals surface area contributed by atoms with Crippen molar-refractivity contribution in [1.29, 1.82) is 0 Å². The molecule has 1 unspecified atom stereocenters. The minimum absolute atomic E-state index is 0.0549. The number of rotatable bonds is 6. The molecule has 0 N–H and O–H groups in total. The van der Waals surface area contributed by atoms with Crippen molar-refractivity contribution < 1.29 is 14.3 Å². The smallest absolute Gasteiger partial charge is 0.340 e. The number of para-hydroxylation sites is 1. The van der Waals surface area contributed by atoms with E-state index in [1.54, 1.807) is 41.2 Å². The van der Waals surface area contributed by atoms with Gasteiger partial charge in [0.2, 0.25) is 5.78 Å². The Morgan fingerprint density at radius 1 is 1.03 bits per heavy atom. The zero-order valence-electron chi connectivity index (χ0n) is 15.7. The van der Waals surface area contributed by atoms with Crippen molar-refractivity contribution in [3.63, 3.8) is 0 Å². The van der Waals surface area contributed by atoms with Crippen molar-refractivity contribution >= 4 is 22.8 Å². The largest absolute Gasteiger partial charge is 0.448 e. The second-order valence-corrected chi connectivity index (χ2v) is 6.63. The molecule has 0 saturated carbocycles. The molecule has 2 aromatic heterocycles. The van der Waals surface area contributed by atoms with Gasteiger partial charge in [-0.15, -0.1) is 5.10 Å². The van der Waals surface area contributed by atoms with E-state index in [0.29, 0.717) is 11.1 Å². The zero-order chi connectivity index (χ0) is 20.2. The third kappa shape index (κ3) is 4.03. The highest BCUT2D eigenvalue weighted by Crippen LogP contribution is 2.16. The number of carbonyl (C=O) groups excluding carboxylic acids is 2. The summed E-state index contributed by atoms with van der Waals surface area (Å²) in [6.07, 6.45) is 1.91. The molecule has 0 saturated heterocycles. The van der Waals surface area contributed by atoms with Crippen molar-refractivity contribution in [3.05, 3.63) is 89.7 Å². The quantitative estimate of drug-likeness (QED) is 0.373. The van der Waals surface area contributed by atoms with Crippen LogP contribution in [0.3, 0.4) is 0 Å². The van der Waals surface area contributed by atoms with Crippen LogP contribution in [0, 0.1) is 6.92 Å². The van der Waals surface area contributed by atoms with Gasteiger partial charge in [0.15, 0.2) is 6.10 Å². The molecule has 0 radical (unpaired) electrons. The molecule has 0 aliphatic rings. The molecule has 1 atom stereocenters. The fraction of sp³-hybridized carbons (Fsp3) is 0.136. The number of aryl methyl sites for hydroxylation is 1. The van der Waals surface area contributed by atoms with E-state index in [1.807, 2.05) is 37.3 Å². The van der Waals surface area contributed by atoms with E-state index in [1.165, 1.54) is 6.20 Å². The maximum atomic E-state index is 13.2. The molecule has 29 heavy (non-hydrogen) atoms. The molecule has 2 heterocycles. The molecule has 144 valence electrons. The average Bonchev–Trinajstić information content (AvgIpc) is 3.16. The van der Waals surface area contributed by atoms with Crippen LogP contribution in [0.4, 0.5) is 0 Å². The Labute approximate surface area is 167 Å². The number of aromatic nitrogens is 4. The van der Waals surface area contributed by atoms with E-state index in [0.717, 1.165) is 11.1 Å². The molecule has 0 aliphatic carbocycles. The number of benzene rings is 2. The summed E-state index contributed by atoms with van der Waals surface area (Å²) in [6, 6.07) is 17.8. The summed E-state index contributed by atoms with van der Waals surface area (Å²) < 4.78 is 7.17. The van der Waals surface area contributed by atoms with Crippen LogP contribution in [-0.4, -0.2) is 37.8 Å². The Bertz CT molecular complexity index is 1170. The van der Waals surface area contributed by atoms with Crippen LogP contribution >= 0.6 is 0 Å². The number of hydrogen-bond donors (Lipinski definition) is 0. The van der Waals surface area contributed by atoms with Gasteiger partial charge in [-0.05, 0) is 37.3 Å². The van der Waals surface area contributed by atoms with Gasteiger partial charge in [0.25, 0.3) is 0 Å². The van der Waals surface area contributed by atoms with Gasteiger partial charge in [-0.3, -0.25) is 9.78 Å². The lowest BCUT2D eigenvalue weighted by Gasteiger charge is -2.17. The molecule has 0 aliphatic heterocycles. The van der Waals surface area contributed by atoms with Gasteiger partial charge in [0.1, 0.15) is 5.52 Å². The van der Waals surface area contributed by atoms with Gasteiger partial charge in [-0.1, -0.05) is 41.1 Å². The Hall–Kier alpha value is -3.87. The molecule has 0 amide bonds. The normalized spacial score (nSPS) is 11.9. The number of pyridine rings is 1. The van der Waals surface area contributed by atoms with Crippen LogP contribution in [0.25, 0.3) is 11.0 Å². The van der Waals surface area contributed by atoms with Gasteiger partial charge in [-0.2, -0.15) is 0 Å². The Kier molecular flexibility index (Phi) is 5.11. The molecule has 0 spiro atoms. The highest BCUT2D eigenvalue weighted by atomic mass is 16.5. The van der Waals surface area contributed by atoms with Crippen LogP contribution in [0.15, 0.2) is 73.1 Å². The Balaban J connectivity index is 1.66. The van der Waals surface area contributed by atoms with Crippen LogP contribution in [0.1, 0.15) is 26.3 Å². The summed E-state index contributed by atoms with van der Waals surface area (Å²) in [5, 5.41) is 8.23. The number of ketones is 1. The van der Waals surface area contributed by atoms with Gasteiger partial charge >= 0.3 is 5.97 Å². The SMILES string of the molecule is Cc1cccc(C(=O)C(Cn2nnc3ccccc32)OC(=O)c2cccnc2)c1. The molecular weight excluding hydrogens is 368 g/mol. The van der Waals surface area contributed by atoms with Crippen molar-refractivity contribution in [2.45, 2.75) is 19.6 Å². The average molecular weight is 386 g/mol. The first-order valence-electron chi connectivity index (χ1n) is 9.12. The molecule has 0 fully saturated rings. The van der Waals surface area contributed by atoms with Gasteiger partial charge in [-0.25, -0.2) is 9.48 Å². The molecule has 4 rings (SSSR count). The number of hydrogen-bond acceptors (Lipinski definition) is 6. The summed E-state index contributed by atoms with van der Waals surface area (Å²) in [5.41, 5.74) is 3.15. The first-order valence-corrected chi connectivity index (χ1v) is 9.12. The number of esters is 1. The van der Waals surface area contributed by atoms with E-state index in [-0.39, 0.29) is 17.9 Å². The summed E-state index contributed by atoms with van der Waals surface area (Å²) in [6.45, 7) is 1.96. The van der Waals surface area contributed by atoms with Crippen LogP contribution in [0.5, 0.6) is 0 Å². The predicted octanol–water partition coefficient (Wildman–Crippen LogP) is 3.24. The number of carbonyl (C=O) groups is 2. The van der Waals surface area contributed by atoms with E-state index in [4.69, 9.17) is 4.74 Å². The minimum atomic E-state index is -1.06. The Morgan fingerprint density at radius 2 is 1.86 bits per heavy atom. The lowest BCUT2D eigenvalue weighted by atomic mass is 10.0. The second-order valence-electron chi connectivity index (χ2n) is 6.63. The summed E-state index contributed by atoms with van der Waals surface area (Å²) in [4.78, 5) is 29.7. The summed E-state index contributed by atoms with van der Waals surface area (Å²) >= 11 is 0. The third-order valence-electron chi connectivity index (χ3n) is 4.50. The Morgan fingerprint density at radius 3 is 2.66 bits per heavy atom. The third-order valence-corrected chi connectivity index (χ3v) is 4.50. The fourth-order valence-electron chi connectivity index (χ4n) is 3.05. The molecular formula is C22H18N4O3. The second kappa shape index (κ2) is 8.02. The van der Waals surface area contributed by atoms with Crippen LogP contribution in [-0.2, 0) is 11.3 Å². The van der Waals surface area contributed by atoms with E-state index in [9.17, 15) is 9.59 Å². The molecule has 2 aromatic carbocycles. The van der Waals surface area contributed by atoms with E-state index < -0.39 is 12.1 Å². The number of nitrogens with zero attached hydrogens (tertiary/aromatic N) is 4. The lowest BCUT2D eigenvalue weighted by molar-refractivity contribution is 0.0244. The standard InChI is InChI=1S/C22H18N4O3/c1-15-6-4-7-16(12-15)21(27)20(29-22(28)17-8-5-11-23-13-17)14-26-19-10-3-2-9-18(19)24-25-26/h2-13,20H,14H2,1H3. The highest BCUT2D eigenvalue weighted by molar-refractivity contribution is 6.01. The van der Waals surface area contributed by atoms with Crippen molar-refractivity contribution in [2.75, 3.05) is 0 Å². The first-order chi connectivity index (χ1) is 14.1. The van der Waals surface area contributed by atoms with E-state index in [2.05, 4.69) is 15.3 Å². The maximum absolute atomic E-state index is 13.2. The monoisotopic (exact) mass is 386 g/mol. The van der Waals surface area contributed by atoms with Crippen molar-refractivity contribution in [3.8, 4) is 0 Å². The minimum Gasteiger partial charge on any atom is -0.448 e. The van der Waals surface area contributed by atoms with Gasteiger partial charge < -0.3 is 4.74 Å². The topological polar surface area (TPSA) is 87.0 Å². The zero-order valence-corrected chi connectivity index (χ0v) is 15.7. The lowest BCUT2D eigenvalue weighted by Crippen LogP contribution is -2.32. The highest BCUT2D eigenvalue weighted by Gasteiger charge is 2.27. The van der Waals surface area contributed by atoms with Crippen molar-refractivity contribution in [2.24, 2.45) is 0 Å². The van der Waals surface area contributed by atoms with Crippen LogP contribution in [0.2, 0.25) is 0 Å². The summed E-state index contributed by atoms with van der Waals surface area (Å²) in [5.74, 6) is -0.918. The van der Waals surface area contributed by atoms with Crippen molar-refractivity contribution in [1.82, 2.24) is 20.0 Å². The summed E-state index contributed by atoms with van der Waals surface area (Å²) in [7, 11) is 0. The maximum Gasteiger partial charge on any atom is 0.340 e. The molecule has 0 bridgehead atoms. The van der Waals surface area contributed by atoms with Gasteiger partial charge in [0, 0.05) is 18.0 Å². The van der Waals surface area contributed by atoms with Crippen LogP contribution < -0.4 is 0 Å². The van der Waals surface area contributed by atoms with Gasteiger partial charge in [0.05, 0.1) is 17.6 Å².